The first kappa shape index (κ1) is 91.1. The van der Waals surface area contributed by atoms with E-state index in [0.717, 1.165) is 25.7 Å². The molecule has 23 N–H and O–H groups in total. The lowest BCUT2D eigenvalue weighted by atomic mass is 9.34. The van der Waals surface area contributed by atoms with Gasteiger partial charge in [-0.2, -0.15) is 0 Å². The maximum atomic E-state index is 13.0. The molecule has 11 fully saturated rings. The molecule has 0 aromatic heterocycles. The van der Waals surface area contributed by atoms with Crippen molar-refractivity contribution in [2.24, 2.45) is 56.2 Å². The largest absolute Gasteiger partial charge is 0.479 e. The molecule has 13 aliphatic rings. The molecule has 40 nitrogen and oxygen atoms in total. The highest BCUT2D eigenvalue weighted by Gasteiger charge is 2.70. The summed E-state index contributed by atoms with van der Waals surface area (Å²) in [7, 11) is 0. The third kappa shape index (κ3) is 16.3. The second kappa shape index (κ2) is 35.1. The number of hydrogen-bond acceptors (Lipinski definition) is 39. The molecular weight excluding hydrogens is 1550 g/mol. The van der Waals surface area contributed by atoms with Gasteiger partial charge in [-0.05, 0) is 103 Å². The average Bonchev–Trinajstić information content (AvgIpc) is 0.675. The highest BCUT2D eigenvalue weighted by molar-refractivity contribution is 5.73. The molecule has 13 rings (SSSR count). The summed E-state index contributed by atoms with van der Waals surface area (Å²) >= 11 is 0. The van der Waals surface area contributed by atoms with Gasteiger partial charge in [-0.25, -0.2) is 4.79 Å². The summed E-state index contributed by atoms with van der Waals surface area (Å²) in [5, 5.41) is 256. The summed E-state index contributed by atoms with van der Waals surface area (Å²) in [6.45, 7) is 11.7. The molecule has 0 aromatic carbocycles. The van der Waals surface area contributed by atoms with Crippen molar-refractivity contribution in [3.8, 4) is 0 Å². The lowest BCUT2D eigenvalue weighted by molar-refractivity contribution is -0.401. The van der Waals surface area contributed by atoms with E-state index in [2.05, 4.69) is 65.8 Å². The van der Waals surface area contributed by atoms with Gasteiger partial charge >= 0.3 is 5.97 Å². The van der Waals surface area contributed by atoms with E-state index in [1.54, 1.807) is 0 Å². The van der Waals surface area contributed by atoms with Gasteiger partial charge in [-0.1, -0.05) is 72.8 Å². The zero-order chi connectivity index (χ0) is 84.4. The van der Waals surface area contributed by atoms with Crippen molar-refractivity contribution in [1.29, 1.82) is 0 Å². The Hall–Kier alpha value is -2.57. The lowest BCUT2D eigenvalue weighted by Gasteiger charge is -2.71. The van der Waals surface area contributed by atoms with Crippen molar-refractivity contribution in [3.05, 3.63) is 24.3 Å². The topological polar surface area (TPSA) is 630 Å². The van der Waals surface area contributed by atoms with Crippen molar-refractivity contribution >= 4 is 5.97 Å². The number of ether oxygens (including phenoxy) is 16. The fourth-order valence-corrected chi connectivity index (χ4v) is 21.2. The minimum atomic E-state index is -2.34. The predicted molar refractivity (Wildman–Crippen MR) is 380 cm³/mol. The monoisotopic (exact) mass is 1670 g/mol. The first-order valence-electron chi connectivity index (χ1n) is 40.2. The minimum absolute atomic E-state index is 0.0754. The summed E-state index contributed by atoms with van der Waals surface area (Å²) in [6, 6.07) is 0. The Morgan fingerprint density at radius 2 is 0.948 bits per heavy atom. The molecule has 8 aliphatic heterocycles. The van der Waals surface area contributed by atoms with Gasteiger partial charge in [0.2, 0.25) is 0 Å². The van der Waals surface area contributed by atoms with E-state index in [9.17, 15) is 122 Å². The predicted octanol–water partition coefficient (Wildman–Crippen LogP) is -8.24. The summed E-state index contributed by atoms with van der Waals surface area (Å²) in [4.78, 5) is 13.0. The number of carbonyl (C=O) groups is 1. The van der Waals surface area contributed by atoms with Gasteiger partial charge in [-0.15, -0.1) is 0 Å². The van der Waals surface area contributed by atoms with E-state index in [4.69, 9.17) is 75.8 Å². The van der Waals surface area contributed by atoms with E-state index in [-0.39, 0.29) is 45.5 Å². The van der Waals surface area contributed by atoms with Gasteiger partial charge in [0.25, 0.3) is 0 Å². The first-order valence-corrected chi connectivity index (χ1v) is 40.2. The Bertz CT molecular complexity index is 3340. The van der Waals surface area contributed by atoms with Crippen LogP contribution in [-0.2, 0) is 80.6 Å². The first-order chi connectivity index (χ1) is 54.5. The molecule has 48 atom stereocenters. The summed E-state index contributed by atoms with van der Waals surface area (Å²) < 4.78 is 94.1. The van der Waals surface area contributed by atoms with Crippen LogP contribution in [0.3, 0.4) is 0 Å². The Morgan fingerprint density at radius 1 is 0.431 bits per heavy atom. The molecule has 40 heteroatoms. The zero-order valence-electron chi connectivity index (χ0n) is 65.8. The average molecular weight is 1680 g/mol. The SMILES string of the molecule is CC1OC(OCC2OC(OC3COC(OC4C(OC5C(O)C(OC6CCC7(C)C(CCC8(C)C7C=CC7C9CC(C)(C)CCC9(C)C=CC78C)C6(C)CO)OC(C(=O)O)C5O)OCC(O)C4O)C(O)C3O)C(OC3OC(CO)C(OC4OC(CO)C(OC5OC(CO)C(O)C(O)C5O)C(O)C4O)C(O)C3O)C(O)C2O)C(O)C(O)C1O. The third-order valence-electron chi connectivity index (χ3n) is 28.7. The number of hydrogen-bond donors (Lipinski definition) is 23. The molecule has 8 saturated heterocycles. The van der Waals surface area contributed by atoms with E-state index < -0.39 is 291 Å². The van der Waals surface area contributed by atoms with Crippen LogP contribution in [0.4, 0.5) is 0 Å². The van der Waals surface area contributed by atoms with Crippen LogP contribution in [-0.4, -0.2) is 409 Å². The number of aliphatic hydroxyl groups is 22. The van der Waals surface area contributed by atoms with Gasteiger partial charge in [0.05, 0.1) is 58.5 Å². The molecule has 0 bridgehead atoms. The van der Waals surface area contributed by atoms with E-state index in [1.807, 2.05) is 6.92 Å². The van der Waals surface area contributed by atoms with E-state index in [0.29, 0.717) is 31.1 Å². The van der Waals surface area contributed by atoms with Crippen LogP contribution in [0.1, 0.15) is 100 Å². The van der Waals surface area contributed by atoms with E-state index in [1.165, 1.54) is 6.92 Å². The van der Waals surface area contributed by atoms with Crippen molar-refractivity contribution in [2.75, 3.05) is 46.2 Å². The molecule has 3 saturated carbocycles. The van der Waals surface area contributed by atoms with Gasteiger partial charge in [0.15, 0.2) is 56.4 Å². The van der Waals surface area contributed by atoms with E-state index >= 15 is 0 Å². The smallest absolute Gasteiger partial charge is 0.335 e. The number of allylic oxidation sites excluding steroid dienone is 4. The molecule has 666 valence electrons. The molecule has 5 aliphatic carbocycles. The molecule has 0 amide bonds. The van der Waals surface area contributed by atoms with Crippen molar-refractivity contribution in [1.82, 2.24) is 0 Å². The molecule has 8 heterocycles. The standard InChI is InChI=1S/C76H122O40/c1-27-39(82)44(87)50(93)63(104-27)102-24-34-42(85)46(89)61(116-67-53(96)48(91)57(33(22-79)107-67)112-66-52(95)47(90)56(32(21-78)106-66)111-65-51(94)45(88)41(84)31(20-77)105-65)70(108-34)109-35-25-103-64(49(92)43(35)86)115-60-40(83)30(81)23-101-69(60)113-58-54(97)59(62(99)100)114-68(55(58)98)110-38-12-13-73(5)36(74(38,6)26-80)11-14-76(8)37(73)10-9-28-29-19-71(2,3)15-16-72(29,4)17-18-75(28,76)7/h9-10,17-18,27-61,63-70,77-98H,11-16,19-26H2,1-8H3,(H,99,100). The second-order valence-corrected chi connectivity index (χ2v) is 36.3. The Kier molecular flexibility index (Phi) is 27.6. The van der Waals surface area contributed by atoms with Crippen LogP contribution < -0.4 is 0 Å². The van der Waals surface area contributed by atoms with Gasteiger partial charge in [-0.3, -0.25) is 0 Å². The summed E-state index contributed by atoms with van der Waals surface area (Å²) in [5.74, 6) is -1.03. The van der Waals surface area contributed by atoms with Crippen LogP contribution in [0.2, 0.25) is 0 Å². The highest BCUT2D eigenvalue weighted by Crippen LogP contribution is 2.74. The number of carboxylic acid groups (broad SMARTS) is 1. The molecule has 48 unspecified atom stereocenters. The summed E-state index contributed by atoms with van der Waals surface area (Å²) in [6.07, 6.45) is -59.9. The number of fused-ring (bicyclic) bond motifs is 7. The second-order valence-electron chi connectivity index (χ2n) is 36.3. The van der Waals surface area contributed by atoms with Gasteiger partial charge in [0.1, 0.15) is 171 Å². The quantitative estimate of drug-likeness (QED) is 0.0354. The Morgan fingerprint density at radius 3 is 1.56 bits per heavy atom. The van der Waals surface area contributed by atoms with Crippen molar-refractivity contribution < 1.29 is 198 Å². The van der Waals surface area contributed by atoms with Crippen LogP contribution in [0.5, 0.6) is 0 Å². The maximum Gasteiger partial charge on any atom is 0.335 e. The van der Waals surface area contributed by atoms with Gasteiger partial charge in [0, 0.05) is 5.41 Å². The zero-order valence-corrected chi connectivity index (χ0v) is 65.8. The molecule has 0 aromatic rings. The molecule has 0 radical (unpaired) electrons. The molecule has 116 heavy (non-hydrogen) atoms. The van der Waals surface area contributed by atoms with Crippen molar-refractivity contribution in [3.63, 3.8) is 0 Å². The molecular formula is C76H122O40. The summed E-state index contributed by atoms with van der Waals surface area (Å²) in [5.41, 5.74) is -1.46. The highest BCUT2D eigenvalue weighted by atomic mass is 16.8. The third-order valence-corrected chi connectivity index (χ3v) is 28.7. The normalized spacial score (nSPS) is 55.5. The fourth-order valence-electron chi connectivity index (χ4n) is 21.2. The molecule has 0 spiro atoms. The van der Waals surface area contributed by atoms with Crippen LogP contribution >= 0.6 is 0 Å². The Balaban J connectivity index is 0.684. The number of rotatable bonds is 22. The van der Waals surface area contributed by atoms with Crippen LogP contribution in [0.25, 0.3) is 0 Å². The van der Waals surface area contributed by atoms with Gasteiger partial charge < -0.3 is 193 Å². The van der Waals surface area contributed by atoms with Crippen molar-refractivity contribution in [2.45, 2.75) is 340 Å². The van der Waals surface area contributed by atoms with Crippen LogP contribution in [0.15, 0.2) is 24.3 Å². The number of carboxylic acids is 1. The number of aliphatic hydroxyl groups excluding tert-OH is 22. The lowest BCUT2D eigenvalue weighted by Crippen LogP contribution is -2.68. The Labute approximate surface area is 668 Å². The van der Waals surface area contributed by atoms with Crippen LogP contribution in [0, 0.1) is 56.2 Å². The minimum Gasteiger partial charge on any atom is -0.479 e. The fraction of sp³-hybridized carbons (Fsp3) is 0.934. The maximum absolute atomic E-state index is 13.0. The number of aliphatic carboxylic acids is 1.